The standard InChI is InChI=1S/C33H37NO5/c1-21-19-26-25(13-15-28(35)34(26)17-16-22-9-6-5-7-10-22)30(31(32(36)37)39-33(2,3)4)29(21)24-12-14-27-23(20-24)11-8-18-38-27/h5-7,9-10,12,14,19-20,31H,8,11,13,15-18H2,1-4H3,(H,36,37). The molecule has 6 nitrogen and oxygen atoms in total. The molecule has 1 atom stereocenters. The van der Waals surface area contributed by atoms with Crippen molar-refractivity contribution in [3.63, 3.8) is 0 Å². The molecule has 2 aliphatic heterocycles. The first kappa shape index (κ1) is 26.9. The Morgan fingerprint density at radius 3 is 2.56 bits per heavy atom. The lowest BCUT2D eigenvalue weighted by atomic mass is 9.83. The number of aryl methyl sites for hydroxylation is 2. The number of ether oxygens (including phenoxy) is 2. The monoisotopic (exact) mass is 527 g/mol. The van der Waals surface area contributed by atoms with Crippen molar-refractivity contribution in [1.29, 1.82) is 0 Å². The number of anilines is 1. The molecule has 5 rings (SSSR count). The minimum atomic E-state index is -1.18. The third-order valence-electron chi connectivity index (χ3n) is 7.45. The molecule has 2 aliphatic rings. The van der Waals surface area contributed by atoms with Crippen molar-refractivity contribution in [3.8, 4) is 16.9 Å². The summed E-state index contributed by atoms with van der Waals surface area (Å²) in [5.41, 5.74) is 6.68. The summed E-state index contributed by atoms with van der Waals surface area (Å²) < 4.78 is 12.1. The summed E-state index contributed by atoms with van der Waals surface area (Å²) in [6, 6.07) is 18.3. The van der Waals surface area contributed by atoms with Gasteiger partial charge in [0.15, 0.2) is 6.10 Å². The van der Waals surface area contributed by atoms with E-state index < -0.39 is 17.7 Å². The van der Waals surface area contributed by atoms with E-state index in [2.05, 4.69) is 24.3 Å². The van der Waals surface area contributed by atoms with Crippen molar-refractivity contribution in [2.45, 2.75) is 71.5 Å². The molecule has 0 aromatic heterocycles. The molecule has 0 radical (unpaired) electrons. The summed E-state index contributed by atoms with van der Waals surface area (Å²) in [4.78, 5) is 27.9. The summed E-state index contributed by atoms with van der Waals surface area (Å²) in [5, 5.41) is 10.5. The van der Waals surface area contributed by atoms with Crippen LogP contribution in [0.25, 0.3) is 11.1 Å². The van der Waals surface area contributed by atoms with E-state index in [-0.39, 0.29) is 5.91 Å². The van der Waals surface area contributed by atoms with Crippen molar-refractivity contribution in [2.75, 3.05) is 18.1 Å². The fourth-order valence-corrected chi connectivity index (χ4v) is 5.78. The van der Waals surface area contributed by atoms with Gasteiger partial charge in [-0.2, -0.15) is 0 Å². The van der Waals surface area contributed by atoms with Crippen LogP contribution in [0.3, 0.4) is 0 Å². The van der Waals surface area contributed by atoms with Crippen LogP contribution in [0.2, 0.25) is 0 Å². The van der Waals surface area contributed by atoms with Crippen LogP contribution in [-0.4, -0.2) is 35.7 Å². The molecule has 1 amide bonds. The van der Waals surface area contributed by atoms with Gasteiger partial charge < -0.3 is 19.5 Å². The van der Waals surface area contributed by atoms with Gasteiger partial charge in [-0.25, -0.2) is 4.79 Å². The highest BCUT2D eigenvalue weighted by atomic mass is 16.5. The van der Waals surface area contributed by atoms with Gasteiger partial charge in [-0.3, -0.25) is 4.79 Å². The number of hydrogen-bond acceptors (Lipinski definition) is 4. The molecule has 0 saturated carbocycles. The first-order chi connectivity index (χ1) is 18.6. The van der Waals surface area contributed by atoms with E-state index >= 15 is 0 Å². The Morgan fingerprint density at radius 2 is 1.85 bits per heavy atom. The van der Waals surface area contributed by atoms with Gasteiger partial charge >= 0.3 is 5.97 Å². The van der Waals surface area contributed by atoms with Crippen molar-refractivity contribution < 1.29 is 24.2 Å². The van der Waals surface area contributed by atoms with Gasteiger partial charge in [-0.15, -0.1) is 0 Å². The normalized spacial score (nSPS) is 15.8. The zero-order valence-corrected chi connectivity index (χ0v) is 23.3. The number of carboxylic acid groups (broad SMARTS) is 1. The molecule has 3 aromatic carbocycles. The molecule has 6 heteroatoms. The molecule has 0 fully saturated rings. The SMILES string of the molecule is Cc1cc2c(c(C(OC(C)(C)C)C(=O)O)c1-c1ccc3c(c1)CCCO3)CCC(=O)N2CCc1ccccc1. The minimum absolute atomic E-state index is 0.0612. The number of carboxylic acids is 1. The average Bonchev–Trinajstić information content (AvgIpc) is 2.90. The Kier molecular flexibility index (Phi) is 7.50. The van der Waals surface area contributed by atoms with Gasteiger partial charge in [-0.05, 0) is 105 Å². The van der Waals surface area contributed by atoms with Crippen LogP contribution in [0, 0.1) is 6.92 Å². The molecule has 0 saturated heterocycles. The molecule has 0 aliphatic carbocycles. The highest BCUT2D eigenvalue weighted by Crippen LogP contribution is 2.45. The second kappa shape index (κ2) is 10.9. The Bertz CT molecular complexity index is 1390. The number of carbonyl (C=O) groups is 2. The first-order valence-corrected chi connectivity index (χ1v) is 13.8. The lowest BCUT2D eigenvalue weighted by Crippen LogP contribution is -2.38. The van der Waals surface area contributed by atoms with Crippen molar-refractivity contribution in [2.24, 2.45) is 0 Å². The molecule has 2 heterocycles. The van der Waals surface area contributed by atoms with E-state index in [1.54, 1.807) is 0 Å². The molecule has 39 heavy (non-hydrogen) atoms. The number of hydrogen-bond donors (Lipinski definition) is 1. The van der Waals surface area contributed by atoms with Crippen molar-refractivity contribution in [3.05, 3.63) is 82.4 Å². The second-order valence-electron chi connectivity index (χ2n) is 11.5. The number of benzene rings is 3. The molecular weight excluding hydrogens is 490 g/mol. The average molecular weight is 528 g/mol. The topological polar surface area (TPSA) is 76.1 Å². The van der Waals surface area contributed by atoms with Gasteiger partial charge in [0.2, 0.25) is 5.91 Å². The van der Waals surface area contributed by atoms with Crippen LogP contribution in [0.5, 0.6) is 5.75 Å². The Labute approximate surface area is 230 Å². The lowest BCUT2D eigenvalue weighted by Gasteiger charge is -2.35. The van der Waals surface area contributed by atoms with Crippen LogP contribution >= 0.6 is 0 Å². The Balaban J connectivity index is 1.68. The van der Waals surface area contributed by atoms with Crippen molar-refractivity contribution in [1.82, 2.24) is 0 Å². The third-order valence-corrected chi connectivity index (χ3v) is 7.45. The molecule has 3 aromatic rings. The van der Waals surface area contributed by atoms with Gasteiger partial charge in [0.1, 0.15) is 5.75 Å². The van der Waals surface area contributed by atoms with Crippen LogP contribution in [-0.2, 0) is 33.6 Å². The van der Waals surface area contributed by atoms with Crippen LogP contribution < -0.4 is 9.64 Å². The number of nitrogens with zero attached hydrogens (tertiary/aromatic N) is 1. The highest BCUT2D eigenvalue weighted by Gasteiger charge is 2.36. The number of aliphatic carboxylic acids is 1. The zero-order valence-electron chi connectivity index (χ0n) is 23.3. The predicted octanol–water partition coefficient (Wildman–Crippen LogP) is 6.45. The Hall–Kier alpha value is -3.64. The summed E-state index contributed by atoms with van der Waals surface area (Å²) in [6.07, 6.45) is 2.22. The molecule has 204 valence electrons. The van der Waals surface area contributed by atoms with Gasteiger partial charge in [0, 0.05) is 24.2 Å². The summed E-state index contributed by atoms with van der Waals surface area (Å²) in [5.74, 6) is -0.0837. The second-order valence-corrected chi connectivity index (χ2v) is 11.5. The molecule has 1 unspecified atom stereocenters. The highest BCUT2D eigenvalue weighted by molar-refractivity contribution is 5.99. The van der Waals surface area contributed by atoms with Crippen molar-refractivity contribution >= 4 is 17.6 Å². The quantitative estimate of drug-likeness (QED) is 0.382. The van der Waals surface area contributed by atoms with Crippen LogP contribution in [0.15, 0.2) is 54.6 Å². The molecule has 0 bridgehead atoms. The maximum atomic E-state index is 13.2. The number of rotatable bonds is 7. The van der Waals surface area contributed by atoms with E-state index in [0.717, 1.165) is 57.7 Å². The van der Waals surface area contributed by atoms with Gasteiger partial charge in [0.25, 0.3) is 0 Å². The third kappa shape index (κ3) is 5.71. The largest absolute Gasteiger partial charge is 0.493 e. The first-order valence-electron chi connectivity index (χ1n) is 13.8. The minimum Gasteiger partial charge on any atom is -0.493 e. The molecular formula is C33H37NO5. The van der Waals surface area contributed by atoms with E-state index in [0.29, 0.717) is 38.0 Å². The lowest BCUT2D eigenvalue weighted by molar-refractivity contribution is -0.160. The van der Waals surface area contributed by atoms with Gasteiger partial charge in [0.05, 0.1) is 12.2 Å². The number of carbonyl (C=O) groups excluding carboxylic acids is 1. The van der Waals surface area contributed by atoms with E-state index in [9.17, 15) is 14.7 Å². The van der Waals surface area contributed by atoms with E-state index in [1.807, 2.05) is 62.9 Å². The number of fused-ring (bicyclic) bond motifs is 2. The maximum absolute atomic E-state index is 13.2. The maximum Gasteiger partial charge on any atom is 0.337 e. The van der Waals surface area contributed by atoms with E-state index in [1.165, 1.54) is 0 Å². The van der Waals surface area contributed by atoms with Gasteiger partial charge in [-0.1, -0.05) is 36.4 Å². The van der Waals surface area contributed by atoms with Crippen LogP contribution in [0.4, 0.5) is 5.69 Å². The smallest absolute Gasteiger partial charge is 0.337 e. The predicted molar refractivity (Wildman–Crippen MR) is 152 cm³/mol. The zero-order chi connectivity index (χ0) is 27.7. The molecule has 1 N–H and O–H groups in total. The summed E-state index contributed by atoms with van der Waals surface area (Å²) in [7, 11) is 0. The summed E-state index contributed by atoms with van der Waals surface area (Å²) >= 11 is 0. The Morgan fingerprint density at radius 1 is 1.08 bits per heavy atom. The fraction of sp³-hybridized carbons (Fsp3) is 0.394. The fourth-order valence-electron chi connectivity index (χ4n) is 5.78. The summed E-state index contributed by atoms with van der Waals surface area (Å²) in [6.45, 7) is 8.86. The van der Waals surface area contributed by atoms with Crippen LogP contribution in [0.1, 0.15) is 67.5 Å². The number of amides is 1. The molecule has 0 spiro atoms. The van der Waals surface area contributed by atoms with E-state index in [4.69, 9.17) is 9.47 Å².